The second-order valence-corrected chi connectivity index (χ2v) is 5.13. The lowest BCUT2D eigenvalue weighted by Crippen LogP contribution is -2.18. The van der Waals surface area contributed by atoms with Crippen LogP contribution in [0.2, 0.25) is 10.0 Å². The third-order valence-corrected chi connectivity index (χ3v) is 3.82. The summed E-state index contributed by atoms with van der Waals surface area (Å²) < 4.78 is 6.02. The summed E-state index contributed by atoms with van der Waals surface area (Å²) >= 11 is 18.2. The van der Waals surface area contributed by atoms with Crippen molar-refractivity contribution in [3.63, 3.8) is 0 Å². The molecule has 6 heteroatoms. The van der Waals surface area contributed by atoms with Crippen molar-refractivity contribution < 1.29 is 9.84 Å². The highest BCUT2D eigenvalue weighted by molar-refractivity contribution is 9.10. The SMILES string of the molecule is OC(CBr)COc1cc(Cl)c(Br)cc1Cl. The molecule has 0 saturated carbocycles. The number of alkyl halides is 1. The molecular formula is C9H8Br2Cl2O2. The Bertz CT molecular complexity index is 347. The minimum atomic E-state index is -0.566. The Labute approximate surface area is 115 Å². The second kappa shape index (κ2) is 6.30. The molecule has 1 unspecified atom stereocenters. The molecule has 15 heavy (non-hydrogen) atoms. The first-order chi connectivity index (χ1) is 7.04. The van der Waals surface area contributed by atoms with Crippen LogP contribution in [0.25, 0.3) is 0 Å². The number of halogens is 4. The van der Waals surface area contributed by atoms with E-state index in [1.54, 1.807) is 12.1 Å². The molecule has 0 aliphatic heterocycles. The molecule has 1 N–H and O–H groups in total. The zero-order valence-corrected chi connectivity index (χ0v) is 12.2. The molecule has 0 saturated heterocycles. The van der Waals surface area contributed by atoms with E-state index in [0.717, 1.165) is 0 Å². The summed E-state index contributed by atoms with van der Waals surface area (Å²) in [4.78, 5) is 0. The van der Waals surface area contributed by atoms with Gasteiger partial charge in [0.05, 0.1) is 16.1 Å². The lowest BCUT2D eigenvalue weighted by molar-refractivity contribution is 0.127. The van der Waals surface area contributed by atoms with Gasteiger partial charge in [-0.05, 0) is 22.0 Å². The molecule has 0 heterocycles. The second-order valence-electron chi connectivity index (χ2n) is 2.82. The summed E-state index contributed by atoms with van der Waals surface area (Å²) in [5.74, 6) is 0.463. The molecule has 0 aliphatic carbocycles. The maximum absolute atomic E-state index is 9.28. The van der Waals surface area contributed by atoms with Gasteiger partial charge in [-0.15, -0.1) is 0 Å². The quantitative estimate of drug-likeness (QED) is 0.636. The Morgan fingerprint density at radius 3 is 2.60 bits per heavy atom. The molecule has 0 aromatic heterocycles. The average Bonchev–Trinajstić information content (AvgIpc) is 2.21. The largest absolute Gasteiger partial charge is 0.489 e. The van der Waals surface area contributed by atoms with E-state index in [9.17, 15) is 5.11 Å². The lowest BCUT2D eigenvalue weighted by Gasteiger charge is -2.11. The smallest absolute Gasteiger partial charge is 0.139 e. The van der Waals surface area contributed by atoms with E-state index in [1.807, 2.05) is 0 Å². The summed E-state index contributed by atoms with van der Waals surface area (Å²) in [5, 5.41) is 10.7. The van der Waals surface area contributed by atoms with Crippen molar-refractivity contribution in [2.24, 2.45) is 0 Å². The summed E-state index contributed by atoms with van der Waals surface area (Å²) in [6.07, 6.45) is -0.566. The Hall–Kier alpha value is 0.520. The Balaban J connectivity index is 2.73. The molecule has 1 aromatic carbocycles. The van der Waals surface area contributed by atoms with E-state index in [4.69, 9.17) is 27.9 Å². The molecule has 1 atom stereocenters. The third-order valence-electron chi connectivity index (χ3n) is 1.58. The van der Waals surface area contributed by atoms with Gasteiger partial charge >= 0.3 is 0 Å². The normalized spacial score (nSPS) is 12.6. The van der Waals surface area contributed by atoms with Gasteiger partial charge in [0.2, 0.25) is 0 Å². The zero-order valence-electron chi connectivity index (χ0n) is 7.51. The van der Waals surface area contributed by atoms with E-state index in [1.165, 1.54) is 0 Å². The highest BCUT2D eigenvalue weighted by atomic mass is 79.9. The van der Waals surface area contributed by atoms with Crippen molar-refractivity contribution >= 4 is 55.1 Å². The molecular weight excluding hydrogens is 371 g/mol. The topological polar surface area (TPSA) is 29.5 Å². The number of benzene rings is 1. The van der Waals surface area contributed by atoms with Crippen LogP contribution in [-0.4, -0.2) is 23.1 Å². The molecule has 0 bridgehead atoms. The monoisotopic (exact) mass is 376 g/mol. The van der Waals surface area contributed by atoms with E-state index in [0.29, 0.717) is 25.6 Å². The molecule has 1 rings (SSSR count). The first kappa shape index (κ1) is 13.6. The van der Waals surface area contributed by atoms with Crippen molar-refractivity contribution in [3.8, 4) is 5.75 Å². The maximum atomic E-state index is 9.28. The van der Waals surface area contributed by atoms with Gasteiger partial charge in [0.15, 0.2) is 0 Å². The average molecular weight is 379 g/mol. The van der Waals surface area contributed by atoms with E-state index < -0.39 is 6.10 Å². The van der Waals surface area contributed by atoms with Crippen LogP contribution in [-0.2, 0) is 0 Å². The van der Waals surface area contributed by atoms with Gasteiger partial charge in [0.1, 0.15) is 12.4 Å². The fourth-order valence-electron chi connectivity index (χ4n) is 0.845. The number of rotatable bonds is 4. The first-order valence-corrected chi connectivity index (χ1v) is 6.73. The predicted molar refractivity (Wildman–Crippen MR) is 69.5 cm³/mol. The molecule has 0 spiro atoms. The van der Waals surface area contributed by atoms with Crippen LogP contribution < -0.4 is 4.74 Å². The highest BCUT2D eigenvalue weighted by Gasteiger charge is 2.09. The first-order valence-electron chi connectivity index (χ1n) is 4.06. The van der Waals surface area contributed by atoms with Crippen LogP contribution >= 0.6 is 55.1 Å². The molecule has 0 fully saturated rings. The van der Waals surface area contributed by atoms with Crippen LogP contribution in [0.4, 0.5) is 0 Å². The van der Waals surface area contributed by atoms with Gasteiger partial charge in [-0.2, -0.15) is 0 Å². The molecule has 0 aliphatic rings. The van der Waals surface area contributed by atoms with Gasteiger partial charge in [-0.3, -0.25) is 0 Å². The van der Waals surface area contributed by atoms with E-state index >= 15 is 0 Å². The van der Waals surface area contributed by atoms with Crippen LogP contribution in [0.3, 0.4) is 0 Å². The van der Waals surface area contributed by atoms with Gasteiger partial charge in [-0.25, -0.2) is 0 Å². The predicted octanol–water partition coefficient (Wildman–Crippen LogP) is 3.89. The number of ether oxygens (including phenoxy) is 1. The number of hydrogen-bond donors (Lipinski definition) is 1. The van der Waals surface area contributed by atoms with Crippen LogP contribution in [0, 0.1) is 0 Å². The van der Waals surface area contributed by atoms with E-state index in [-0.39, 0.29) is 6.61 Å². The van der Waals surface area contributed by atoms with E-state index in [2.05, 4.69) is 31.9 Å². The zero-order chi connectivity index (χ0) is 11.4. The van der Waals surface area contributed by atoms with Crippen molar-refractivity contribution in [2.75, 3.05) is 11.9 Å². The van der Waals surface area contributed by atoms with Crippen molar-refractivity contribution in [2.45, 2.75) is 6.10 Å². The van der Waals surface area contributed by atoms with Gasteiger partial charge in [0, 0.05) is 15.9 Å². The maximum Gasteiger partial charge on any atom is 0.139 e. The molecule has 0 radical (unpaired) electrons. The van der Waals surface area contributed by atoms with Crippen LogP contribution in [0.15, 0.2) is 16.6 Å². The summed E-state index contributed by atoms with van der Waals surface area (Å²) in [5.41, 5.74) is 0. The summed E-state index contributed by atoms with van der Waals surface area (Å²) in [6, 6.07) is 3.26. The standard InChI is InChI=1S/C9H8Br2Cl2O2/c10-3-5(14)4-15-9-2-7(12)6(11)1-8(9)13/h1-2,5,14H,3-4H2. The fourth-order valence-corrected chi connectivity index (χ4v) is 1.88. The molecule has 2 nitrogen and oxygen atoms in total. The number of aliphatic hydroxyl groups is 1. The third kappa shape index (κ3) is 4.11. The number of aliphatic hydroxyl groups excluding tert-OH is 1. The van der Waals surface area contributed by atoms with Crippen LogP contribution in [0.5, 0.6) is 5.75 Å². The van der Waals surface area contributed by atoms with Crippen molar-refractivity contribution in [1.82, 2.24) is 0 Å². The van der Waals surface area contributed by atoms with Gasteiger partial charge < -0.3 is 9.84 Å². The summed E-state index contributed by atoms with van der Waals surface area (Å²) in [7, 11) is 0. The molecule has 84 valence electrons. The Morgan fingerprint density at radius 2 is 2.00 bits per heavy atom. The van der Waals surface area contributed by atoms with Crippen molar-refractivity contribution in [3.05, 3.63) is 26.7 Å². The van der Waals surface area contributed by atoms with Gasteiger partial charge in [-0.1, -0.05) is 39.1 Å². The minimum Gasteiger partial charge on any atom is -0.489 e. The molecule has 0 amide bonds. The summed E-state index contributed by atoms with van der Waals surface area (Å²) in [6.45, 7) is 0.170. The van der Waals surface area contributed by atoms with Crippen LogP contribution in [0.1, 0.15) is 0 Å². The Morgan fingerprint density at radius 1 is 1.33 bits per heavy atom. The lowest BCUT2D eigenvalue weighted by atomic mass is 10.3. The molecule has 1 aromatic rings. The van der Waals surface area contributed by atoms with Crippen molar-refractivity contribution in [1.29, 1.82) is 0 Å². The Kier molecular flexibility index (Phi) is 5.71. The number of hydrogen-bond acceptors (Lipinski definition) is 2. The minimum absolute atomic E-state index is 0.170. The fraction of sp³-hybridized carbons (Fsp3) is 0.333. The highest BCUT2D eigenvalue weighted by Crippen LogP contribution is 2.34. The van der Waals surface area contributed by atoms with Gasteiger partial charge in [0.25, 0.3) is 0 Å².